The molecule has 0 aliphatic carbocycles. The van der Waals surface area contributed by atoms with Gasteiger partial charge in [-0.05, 0) is 16.8 Å². The third-order valence-corrected chi connectivity index (χ3v) is 7.78. The number of fused-ring (bicyclic) bond motifs is 1. The van der Waals surface area contributed by atoms with Gasteiger partial charge in [0.25, 0.3) is 0 Å². The van der Waals surface area contributed by atoms with Crippen LogP contribution in [-0.4, -0.2) is 29.9 Å². The minimum Gasteiger partial charge on any atom is -0.208 e. The topological polar surface area (TPSA) is 77.3 Å². The van der Waals surface area contributed by atoms with Gasteiger partial charge < -0.3 is 0 Å². The molecule has 0 saturated carbocycles. The second kappa shape index (κ2) is 11.9. The first-order chi connectivity index (χ1) is 22.8. The molecule has 0 fully saturated rings. The van der Waals surface area contributed by atoms with Gasteiger partial charge in [-0.2, -0.15) is 0 Å². The van der Waals surface area contributed by atoms with Gasteiger partial charge in [0.2, 0.25) is 0 Å². The monoisotopic (exact) mass is 590 g/mol. The molecule has 216 valence electrons. The summed E-state index contributed by atoms with van der Waals surface area (Å²) in [5, 5.41) is 2.05. The molecule has 0 aliphatic heterocycles. The minimum atomic E-state index is 0.593. The fraction of sp³-hybridized carbons (Fsp3) is 0. The van der Waals surface area contributed by atoms with E-state index in [2.05, 4.69) is 30.3 Å². The Morgan fingerprint density at radius 1 is 0.261 bits per heavy atom. The first-order valence-corrected chi connectivity index (χ1v) is 15.1. The van der Waals surface area contributed by atoms with Gasteiger partial charge in [-0.1, -0.05) is 152 Å². The molecule has 0 bridgehead atoms. The molecular formula is C40H26N6. The predicted octanol–water partition coefficient (Wildman–Crippen LogP) is 9.21. The lowest BCUT2D eigenvalue weighted by molar-refractivity contribution is 1.07. The van der Waals surface area contributed by atoms with Crippen LogP contribution in [0.5, 0.6) is 0 Å². The van der Waals surface area contributed by atoms with Gasteiger partial charge in [0.05, 0.1) is 0 Å². The van der Waals surface area contributed by atoms with E-state index in [1.54, 1.807) is 0 Å². The molecule has 6 nitrogen and oxygen atoms in total. The summed E-state index contributed by atoms with van der Waals surface area (Å²) in [6.07, 6.45) is 0. The molecule has 0 unspecified atom stereocenters. The average molecular weight is 591 g/mol. The van der Waals surface area contributed by atoms with Crippen molar-refractivity contribution in [1.29, 1.82) is 0 Å². The van der Waals surface area contributed by atoms with Crippen molar-refractivity contribution in [2.24, 2.45) is 0 Å². The highest BCUT2D eigenvalue weighted by Crippen LogP contribution is 2.33. The number of hydrogen-bond donors (Lipinski definition) is 0. The van der Waals surface area contributed by atoms with Crippen molar-refractivity contribution < 1.29 is 0 Å². The smallest absolute Gasteiger partial charge is 0.164 e. The van der Waals surface area contributed by atoms with E-state index in [-0.39, 0.29) is 0 Å². The molecule has 0 radical (unpaired) electrons. The lowest BCUT2D eigenvalue weighted by Crippen LogP contribution is -2.01. The first kappa shape index (κ1) is 27.2. The highest BCUT2D eigenvalue weighted by Gasteiger charge is 2.16. The Labute approximate surface area is 266 Å². The van der Waals surface area contributed by atoms with Crippen molar-refractivity contribution in [2.45, 2.75) is 0 Å². The molecule has 6 aromatic carbocycles. The van der Waals surface area contributed by atoms with Crippen molar-refractivity contribution in [3.63, 3.8) is 0 Å². The van der Waals surface area contributed by atoms with E-state index in [1.165, 1.54) is 0 Å². The highest BCUT2D eigenvalue weighted by molar-refractivity contribution is 5.97. The Balaban J connectivity index is 1.31. The third-order valence-electron chi connectivity index (χ3n) is 7.78. The van der Waals surface area contributed by atoms with Crippen molar-refractivity contribution in [3.05, 3.63) is 158 Å². The number of rotatable bonds is 6. The highest BCUT2D eigenvalue weighted by atomic mass is 15.0. The maximum atomic E-state index is 5.00. The molecule has 0 aliphatic rings. The molecule has 2 heterocycles. The van der Waals surface area contributed by atoms with Crippen molar-refractivity contribution >= 4 is 10.8 Å². The average Bonchev–Trinajstić information content (AvgIpc) is 3.15. The lowest BCUT2D eigenvalue weighted by atomic mass is 10.0. The Morgan fingerprint density at radius 3 is 1.04 bits per heavy atom. The van der Waals surface area contributed by atoms with Gasteiger partial charge in [0.15, 0.2) is 34.9 Å². The summed E-state index contributed by atoms with van der Waals surface area (Å²) in [5.74, 6) is 3.67. The zero-order valence-electron chi connectivity index (χ0n) is 24.7. The molecule has 0 atom stereocenters. The van der Waals surface area contributed by atoms with E-state index in [0.717, 1.165) is 44.2 Å². The van der Waals surface area contributed by atoms with Crippen molar-refractivity contribution in [1.82, 2.24) is 29.9 Å². The molecule has 0 amide bonds. The van der Waals surface area contributed by atoms with Gasteiger partial charge in [0.1, 0.15) is 0 Å². The van der Waals surface area contributed by atoms with Crippen LogP contribution in [0.15, 0.2) is 158 Å². The summed E-state index contributed by atoms with van der Waals surface area (Å²) in [6, 6.07) is 52.5. The summed E-state index contributed by atoms with van der Waals surface area (Å²) in [7, 11) is 0. The zero-order valence-corrected chi connectivity index (χ0v) is 24.7. The number of aromatic nitrogens is 6. The van der Waals surface area contributed by atoms with Crippen LogP contribution in [0.1, 0.15) is 0 Å². The van der Waals surface area contributed by atoms with Crippen LogP contribution in [0.2, 0.25) is 0 Å². The Kier molecular flexibility index (Phi) is 7.05. The molecule has 2 aromatic heterocycles. The SMILES string of the molecule is c1ccc(-c2nc(-c3ccccc3)nc(-c3ccc4cccc(-c5nc(-c6ccccc6)nc(-c6ccccc6)n5)c4c3)n2)cc1. The van der Waals surface area contributed by atoms with Gasteiger partial charge in [-0.3, -0.25) is 0 Å². The zero-order chi connectivity index (χ0) is 30.7. The number of benzene rings is 6. The molecule has 0 spiro atoms. The summed E-state index contributed by atoms with van der Waals surface area (Å²) >= 11 is 0. The van der Waals surface area contributed by atoms with E-state index in [9.17, 15) is 0 Å². The van der Waals surface area contributed by atoms with E-state index in [0.29, 0.717) is 34.9 Å². The molecule has 0 saturated heterocycles. The second-order valence-corrected chi connectivity index (χ2v) is 10.8. The van der Waals surface area contributed by atoms with Crippen LogP contribution < -0.4 is 0 Å². The predicted molar refractivity (Wildman–Crippen MR) is 183 cm³/mol. The lowest BCUT2D eigenvalue weighted by Gasteiger charge is -2.12. The number of hydrogen-bond acceptors (Lipinski definition) is 6. The van der Waals surface area contributed by atoms with Crippen LogP contribution in [0.4, 0.5) is 0 Å². The molecule has 8 rings (SSSR count). The van der Waals surface area contributed by atoms with E-state index in [4.69, 9.17) is 29.9 Å². The first-order valence-electron chi connectivity index (χ1n) is 15.1. The molecule has 6 heteroatoms. The van der Waals surface area contributed by atoms with Crippen LogP contribution >= 0.6 is 0 Å². The van der Waals surface area contributed by atoms with Crippen molar-refractivity contribution in [3.8, 4) is 68.3 Å². The molecular weight excluding hydrogens is 564 g/mol. The van der Waals surface area contributed by atoms with Crippen LogP contribution in [0, 0.1) is 0 Å². The summed E-state index contributed by atoms with van der Waals surface area (Å²) in [6.45, 7) is 0. The van der Waals surface area contributed by atoms with Gasteiger partial charge >= 0.3 is 0 Å². The van der Waals surface area contributed by atoms with E-state index in [1.807, 2.05) is 127 Å². The van der Waals surface area contributed by atoms with E-state index < -0.39 is 0 Å². The Morgan fingerprint density at radius 2 is 0.630 bits per heavy atom. The van der Waals surface area contributed by atoms with Gasteiger partial charge in [-0.25, -0.2) is 29.9 Å². The normalized spacial score (nSPS) is 11.0. The Hall–Kier alpha value is -6.40. The van der Waals surface area contributed by atoms with Gasteiger partial charge in [0, 0.05) is 33.4 Å². The van der Waals surface area contributed by atoms with Crippen molar-refractivity contribution in [2.75, 3.05) is 0 Å². The Bertz CT molecular complexity index is 2180. The maximum Gasteiger partial charge on any atom is 0.164 e. The van der Waals surface area contributed by atoms with Gasteiger partial charge in [-0.15, -0.1) is 0 Å². The summed E-state index contributed by atoms with van der Waals surface area (Å²) in [4.78, 5) is 29.6. The van der Waals surface area contributed by atoms with Crippen LogP contribution in [0.3, 0.4) is 0 Å². The number of nitrogens with zero attached hydrogens (tertiary/aromatic N) is 6. The second-order valence-electron chi connectivity index (χ2n) is 10.8. The standard InChI is InChI=1S/C40H26N6/c1-5-14-28(15-6-1)35-41-36(29-16-7-2-8-17-29)44-39(43-35)32-25-24-27-22-13-23-33(34(27)26-32)40-45-37(30-18-9-3-10-19-30)42-38(46-40)31-20-11-4-12-21-31/h1-26H. The largest absolute Gasteiger partial charge is 0.208 e. The molecule has 46 heavy (non-hydrogen) atoms. The van der Waals surface area contributed by atoms with E-state index >= 15 is 0 Å². The molecule has 8 aromatic rings. The fourth-order valence-electron chi connectivity index (χ4n) is 5.47. The maximum absolute atomic E-state index is 5.00. The molecule has 0 N–H and O–H groups in total. The summed E-state index contributed by atoms with van der Waals surface area (Å²) in [5.41, 5.74) is 5.48. The summed E-state index contributed by atoms with van der Waals surface area (Å²) < 4.78 is 0. The third kappa shape index (κ3) is 5.40. The fourth-order valence-corrected chi connectivity index (χ4v) is 5.47. The quantitative estimate of drug-likeness (QED) is 0.192. The van der Waals surface area contributed by atoms with Crippen LogP contribution in [-0.2, 0) is 0 Å². The van der Waals surface area contributed by atoms with Crippen LogP contribution in [0.25, 0.3) is 79.1 Å². The minimum absolute atomic E-state index is 0.593.